The number of hydrogen-bond acceptors (Lipinski definition) is 4. The zero-order valence-corrected chi connectivity index (χ0v) is 13.5. The van der Waals surface area contributed by atoms with Crippen molar-refractivity contribution in [3.8, 4) is 0 Å². The van der Waals surface area contributed by atoms with E-state index >= 15 is 0 Å². The average molecular weight is 310 g/mol. The number of Topliss-reactive ketones (excluding diaryl/α,β-unsaturated/α-hetero) is 3. The van der Waals surface area contributed by atoms with E-state index in [-0.39, 0.29) is 40.0 Å². The molecule has 0 bridgehead atoms. The highest BCUT2D eigenvalue weighted by molar-refractivity contribution is 6.29. The van der Waals surface area contributed by atoms with Gasteiger partial charge in [-0.3, -0.25) is 14.4 Å². The molecule has 0 saturated carbocycles. The third-order valence-corrected chi connectivity index (χ3v) is 5.33. The van der Waals surface area contributed by atoms with Gasteiger partial charge >= 0.3 is 0 Å². The van der Waals surface area contributed by atoms with E-state index in [2.05, 4.69) is 13.8 Å². The van der Waals surface area contributed by atoms with Crippen molar-refractivity contribution in [3.05, 3.63) is 45.7 Å². The van der Waals surface area contributed by atoms with E-state index in [0.717, 1.165) is 12.0 Å². The first-order valence-corrected chi connectivity index (χ1v) is 8.00. The van der Waals surface area contributed by atoms with Gasteiger partial charge in [-0.25, -0.2) is 0 Å². The molecular formula is C19H18O4. The van der Waals surface area contributed by atoms with Gasteiger partial charge in [0.05, 0.1) is 12.2 Å². The van der Waals surface area contributed by atoms with Crippen LogP contribution in [0.4, 0.5) is 0 Å². The molecule has 4 heteroatoms. The minimum absolute atomic E-state index is 0.0487. The van der Waals surface area contributed by atoms with Crippen LogP contribution >= 0.6 is 0 Å². The first kappa shape index (κ1) is 14.4. The molecule has 0 radical (unpaired) electrons. The SMILES string of the molecule is C[C@H]1COC2=C1C(=O)c1ccc3c(c1C2=O)C(=O)CCC3(C)C. The molecule has 4 nitrogen and oxygen atoms in total. The molecule has 0 unspecified atom stereocenters. The summed E-state index contributed by atoms with van der Waals surface area (Å²) in [5.41, 5.74) is 2.20. The molecule has 0 spiro atoms. The summed E-state index contributed by atoms with van der Waals surface area (Å²) in [4.78, 5) is 38.3. The smallest absolute Gasteiger partial charge is 0.229 e. The number of carbonyl (C=O) groups excluding carboxylic acids is 3. The van der Waals surface area contributed by atoms with Crippen molar-refractivity contribution in [1.82, 2.24) is 0 Å². The topological polar surface area (TPSA) is 60.4 Å². The van der Waals surface area contributed by atoms with Crippen LogP contribution in [0.5, 0.6) is 0 Å². The van der Waals surface area contributed by atoms with E-state index < -0.39 is 0 Å². The Hall–Kier alpha value is -2.23. The van der Waals surface area contributed by atoms with Crippen LogP contribution in [-0.4, -0.2) is 24.0 Å². The summed E-state index contributed by atoms with van der Waals surface area (Å²) in [7, 11) is 0. The van der Waals surface area contributed by atoms with E-state index in [4.69, 9.17) is 4.74 Å². The van der Waals surface area contributed by atoms with Gasteiger partial charge < -0.3 is 4.74 Å². The lowest BCUT2D eigenvalue weighted by Crippen LogP contribution is -2.32. The summed E-state index contributed by atoms with van der Waals surface area (Å²) in [5.74, 6) is -0.454. The molecule has 4 rings (SSSR count). The molecule has 0 N–H and O–H groups in total. The quantitative estimate of drug-likeness (QED) is 0.738. The van der Waals surface area contributed by atoms with Gasteiger partial charge in [0.1, 0.15) is 0 Å². The zero-order valence-electron chi connectivity index (χ0n) is 13.5. The summed E-state index contributed by atoms with van der Waals surface area (Å²) >= 11 is 0. The van der Waals surface area contributed by atoms with Crippen LogP contribution in [-0.2, 0) is 10.2 Å². The number of allylic oxidation sites excluding steroid dienone is 1. The summed E-state index contributed by atoms with van der Waals surface area (Å²) in [5, 5.41) is 0. The standard InChI is InChI=1S/C19H18O4/c1-9-8-23-18-13(9)16(21)10-4-5-11-15(14(10)17(18)22)12(20)6-7-19(11,2)3/h4-5,9H,6-8H2,1-3H3/t9-/m0/s1. The van der Waals surface area contributed by atoms with Crippen molar-refractivity contribution in [3.63, 3.8) is 0 Å². The van der Waals surface area contributed by atoms with Crippen molar-refractivity contribution in [2.45, 2.75) is 39.0 Å². The lowest BCUT2D eigenvalue weighted by Gasteiger charge is -2.34. The molecule has 1 aromatic rings. The van der Waals surface area contributed by atoms with E-state index in [9.17, 15) is 14.4 Å². The number of carbonyl (C=O) groups is 3. The van der Waals surface area contributed by atoms with Gasteiger partial charge in [-0.2, -0.15) is 0 Å². The average Bonchev–Trinajstić information content (AvgIpc) is 2.90. The number of benzene rings is 1. The van der Waals surface area contributed by atoms with Crippen LogP contribution in [0.1, 0.15) is 70.3 Å². The van der Waals surface area contributed by atoms with Crippen molar-refractivity contribution >= 4 is 17.3 Å². The lowest BCUT2D eigenvalue weighted by molar-refractivity contribution is 0.0895. The molecule has 0 amide bonds. The molecule has 1 aliphatic heterocycles. The molecule has 3 aliphatic rings. The Morgan fingerprint density at radius 2 is 1.83 bits per heavy atom. The second kappa shape index (κ2) is 4.40. The summed E-state index contributed by atoms with van der Waals surface area (Å²) in [6, 6.07) is 3.56. The summed E-state index contributed by atoms with van der Waals surface area (Å²) in [6.45, 7) is 6.36. The fourth-order valence-electron chi connectivity index (χ4n) is 3.93. The summed E-state index contributed by atoms with van der Waals surface area (Å²) < 4.78 is 5.48. The third kappa shape index (κ3) is 1.75. The van der Waals surface area contributed by atoms with Gasteiger partial charge in [0.15, 0.2) is 17.3 Å². The molecule has 23 heavy (non-hydrogen) atoms. The van der Waals surface area contributed by atoms with Crippen molar-refractivity contribution in [2.75, 3.05) is 6.61 Å². The first-order valence-electron chi connectivity index (χ1n) is 8.00. The number of hydrogen-bond donors (Lipinski definition) is 0. The van der Waals surface area contributed by atoms with Crippen LogP contribution in [0.25, 0.3) is 0 Å². The molecule has 1 aromatic carbocycles. The Balaban J connectivity index is 2.02. The molecule has 0 fully saturated rings. The van der Waals surface area contributed by atoms with E-state index in [1.807, 2.05) is 13.0 Å². The van der Waals surface area contributed by atoms with Crippen molar-refractivity contribution in [2.24, 2.45) is 5.92 Å². The molecule has 0 aromatic heterocycles. The molecule has 2 aliphatic carbocycles. The molecule has 1 atom stereocenters. The molecule has 118 valence electrons. The zero-order chi connectivity index (χ0) is 16.5. The van der Waals surface area contributed by atoms with Crippen molar-refractivity contribution in [1.29, 1.82) is 0 Å². The number of rotatable bonds is 0. The van der Waals surface area contributed by atoms with E-state index in [1.54, 1.807) is 6.07 Å². The Morgan fingerprint density at radius 3 is 2.57 bits per heavy atom. The predicted octanol–water partition coefficient (Wildman–Crippen LogP) is 3.24. The lowest BCUT2D eigenvalue weighted by atomic mass is 9.68. The monoisotopic (exact) mass is 310 g/mol. The van der Waals surface area contributed by atoms with E-state index in [0.29, 0.717) is 29.7 Å². The maximum absolute atomic E-state index is 12.9. The Morgan fingerprint density at radius 1 is 1.09 bits per heavy atom. The Labute approximate surface area is 134 Å². The fourth-order valence-corrected chi connectivity index (χ4v) is 3.93. The molecule has 0 saturated heterocycles. The highest BCUT2D eigenvalue weighted by atomic mass is 16.5. The largest absolute Gasteiger partial charge is 0.488 e. The second-order valence-corrected chi connectivity index (χ2v) is 7.33. The van der Waals surface area contributed by atoms with Crippen molar-refractivity contribution < 1.29 is 19.1 Å². The molecule has 1 heterocycles. The second-order valence-electron chi connectivity index (χ2n) is 7.33. The van der Waals surface area contributed by atoms with Crippen LogP contribution in [0.2, 0.25) is 0 Å². The molecular weight excluding hydrogens is 292 g/mol. The summed E-state index contributed by atoms with van der Waals surface area (Å²) in [6.07, 6.45) is 1.16. The van der Waals surface area contributed by atoms with Crippen LogP contribution in [0.15, 0.2) is 23.5 Å². The number of fused-ring (bicyclic) bond motifs is 3. The Bertz CT molecular complexity index is 826. The van der Waals surface area contributed by atoms with Gasteiger partial charge in [-0.05, 0) is 23.5 Å². The fraction of sp³-hybridized carbons (Fsp3) is 0.421. The third-order valence-electron chi connectivity index (χ3n) is 5.33. The van der Waals surface area contributed by atoms with Gasteiger partial charge in [0, 0.05) is 29.0 Å². The van der Waals surface area contributed by atoms with Crippen LogP contribution in [0.3, 0.4) is 0 Å². The minimum atomic E-state index is -0.304. The number of ether oxygens (including phenoxy) is 1. The van der Waals surface area contributed by atoms with Crippen LogP contribution < -0.4 is 0 Å². The van der Waals surface area contributed by atoms with Gasteiger partial charge in [0.2, 0.25) is 5.78 Å². The van der Waals surface area contributed by atoms with E-state index in [1.165, 1.54) is 0 Å². The highest BCUT2D eigenvalue weighted by Crippen LogP contribution is 2.43. The van der Waals surface area contributed by atoms with Gasteiger partial charge in [-0.1, -0.05) is 26.8 Å². The van der Waals surface area contributed by atoms with Gasteiger partial charge in [0.25, 0.3) is 0 Å². The Kier molecular flexibility index (Phi) is 2.75. The number of ketones is 3. The maximum atomic E-state index is 12.9. The predicted molar refractivity (Wildman–Crippen MR) is 83.8 cm³/mol. The first-order chi connectivity index (χ1) is 10.8. The van der Waals surface area contributed by atoms with Gasteiger partial charge in [-0.15, -0.1) is 0 Å². The maximum Gasteiger partial charge on any atom is 0.229 e. The minimum Gasteiger partial charge on any atom is -0.488 e. The highest BCUT2D eigenvalue weighted by Gasteiger charge is 2.44. The normalized spacial score (nSPS) is 25.0. The van der Waals surface area contributed by atoms with Crippen LogP contribution in [0, 0.1) is 5.92 Å².